The predicted molar refractivity (Wildman–Crippen MR) is 84.7 cm³/mol. The highest BCUT2D eigenvalue weighted by molar-refractivity contribution is 5.85. The topological polar surface area (TPSA) is 20.3 Å². The smallest absolute Gasteiger partial charge is 0.146 e. The van der Waals surface area contributed by atoms with Crippen LogP contribution in [-0.2, 0) is 11.2 Å². The minimum absolute atomic E-state index is 0.309. The number of carbonyl (C=O) groups is 1. The molecule has 0 amide bonds. The van der Waals surface area contributed by atoms with Crippen LogP contribution in [0.5, 0.6) is 0 Å². The molecule has 0 saturated heterocycles. The summed E-state index contributed by atoms with van der Waals surface area (Å²) < 4.78 is 0. The van der Waals surface area contributed by atoms with Crippen LogP contribution in [0.2, 0.25) is 0 Å². The number of rotatable bonds is 7. The lowest BCUT2D eigenvalue weighted by atomic mass is 9.99. The summed E-state index contributed by atoms with van der Waals surface area (Å²) in [5, 5.41) is 2.59. The van der Waals surface area contributed by atoms with Crippen LogP contribution in [0.1, 0.15) is 18.4 Å². The van der Waals surface area contributed by atoms with Crippen molar-refractivity contribution in [2.24, 2.45) is 0 Å². The number of hydrogen-bond donors (Lipinski definition) is 0. The quantitative estimate of drug-likeness (QED) is 0.716. The summed E-state index contributed by atoms with van der Waals surface area (Å²) in [7, 11) is 3.86. The van der Waals surface area contributed by atoms with Crippen LogP contribution in [0.15, 0.2) is 42.5 Å². The summed E-state index contributed by atoms with van der Waals surface area (Å²) in [5.41, 5.74) is 1.34. The highest BCUT2D eigenvalue weighted by Gasteiger charge is 2.04. The van der Waals surface area contributed by atoms with Gasteiger partial charge in [0.2, 0.25) is 0 Å². The molecule has 2 aromatic rings. The minimum Gasteiger partial charge on any atom is -0.302 e. The molecule has 2 aromatic carbocycles. The van der Waals surface area contributed by atoms with Crippen LogP contribution in [-0.4, -0.2) is 31.3 Å². The van der Waals surface area contributed by atoms with Crippen molar-refractivity contribution in [3.63, 3.8) is 0 Å². The molecule has 0 unspecified atom stereocenters. The van der Waals surface area contributed by atoms with Gasteiger partial charge in [-0.2, -0.15) is 0 Å². The Morgan fingerprint density at radius 2 is 1.85 bits per heavy atom. The van der Waals surface area contributed by atoms with E-state index in [-0.39, 0.29) is 0 Å². The molecule has 0 aromatic heterocycles. The minimum atomic E-state index is 0.309. The monoisotopic (exact) mass is 268 g/mol. The Morgan fingerprint density at radius 1 is 1.10 bits per heavy atom. The lowest BCUT2D eigenvalue weighted by Crippen LogP contribution is -2.21. The molecule has 105 valence electrons. The van der Waals surface area contributed by atoms with Crippen molar-refractivity contribution < 1.29 is 4.79 Å². The summed E-state index contributed by atoms with van der Waals surface area (Å²) in [5.74, 6) is 0.309. The van der Waals surface area contributed by atoms with Crippen molar-refractivity contribution in [1.82, 2.24) is 4.90 Å². The molecule has 0 bridgehead atoms. The SMILES string of the molecule is CN(C)CC(=O)CC[CH]Cc1cccc2ccccc12. The van der Waals surface area contributed by atoms with Gasteiger partial charge in [0, 0.05) is 6.42 Å². The molecule has 0 N–H and O–H groups in total. The lowest BCUT2D eigenvalue weighted by Gasteiger charge is -2.08. The van der Waals surface area contributed by atoms with Crippen LogP contribution in [0, 0.1) is 6.42 Å². The Hall–Kier alpha value is -1.67. The van der Waals surface area contributed by atoms with E-state index in [0.29, 0.717) is 18.7 Å². The van der Waals surface area contributed by atoms with Crippen molar-refractivity contribution in [1.29, 1.82) is 0 Å². The molecule has 0 spiro atoms. The van der Waals surface area contributed by atoms with Crippen molar-refractivity contribution in [2.45, 2.75) is 19.3 Å². The maximum atomic E-state index is 11.6. The Labute approximate surface area is 121 Å². The third-order valence-corrected chi connectivity index (χ3v) is 3.36. The zero-order chi connectivity index (χ0) is 14.4. The van der Waals surface area contributed by atoms with Gasteiger partial charge in [0.1, 0.15) is 5.78 Å². The van der Waals surface area contributed by atoms with Gasteiger partial charge in [0.25, 0.3) is 0 Å². The molecular weight excluding hydrogens is 246 g/mol. The van der Waals surface area contributed by atoms with Gasteiger partial charge in [-0.15, -0.1) is 0 Å². The Morgan fingerprint density at radius 3 is 2.65 bits per heavy atom. The summed E-state index contributed by atoms with van der Waals surface area (Å²) >= 11 is 0. The van der Waals surface area contributed by atoms with E-state index in [1.807, 2.05) is 19.0 Å². The molecule has 1 radical (unpaired) electrons. The van der Waals surface area contributed by atoms with Gasteiger partial charge >= 0.3 is 0 Å². The van der Waals surface area contributed by atoms with Gasteiger partial charge in [-0.25, -0.2) is 0 Å². The lowest BCUT2D eigenvalue weighted by molar-refractivity contribution is -0.119. The second-order valence-electron chi connectivity index (χ2n) is 5.45. The molecule has 0 saturated carbocycles. The van der Waals surface area contributed by atoms with Gasteiger partial charge in [-0.3, -0.25) is 4.79 Å². The molecule has 0 fully saturated rings. The number of nitrogens with zero attached hydrogens (tertiary/aromatic N) is 1. The normalized spacial score (nSPS) is 11.2. The first-order chi connectivity index (χ1) is 9.66. The molecule has 0 heterocycles. The largest absolute Gasteiger partial charge is 0.302 e. The van der Waals surface area contributed by atoms with Crippen LogP contribution < -0.4 is 0 Å². The Bertz CT molecular complexity index is 569. The van der Waals surface area contributed by atoms with E-state index in [4.69, 9.17) is 0 Å². The molecule has 2 nitrogen and oxygen atoms in total. The number of likely N-dealkylation sites (N-methyl/N-ethyl adjacent to an activating group) is 1. The van der Waals surface area contributed by atoms with Crippen LogP contribution in [0.3, 0.4) is 0 Å². The number of unbranched alkanes of at least 4 members (excludes halogenated alkanes) is 1. The average molecular weight is 268 g/mol. The van der Waals surface area contributed by atoms with Crippen molar-refractivity contribution in [3.8, 4) is 0 Å². The molecular formula is C18H22NO. The first kappa shape index (κ1) is 14.7. The van der Waals surface area contributed by atoms with Crippen LogP contribution in [0.4, 0.5) is 0 Å². The number of benzene rings is 2. The van der Waals surface area contributed by atoms with E-state index in [1.54, 1.807) is 0 Å². The Balaban J connectivity index is 1.86. The second-order valence-corrected chi connectivity index (χ2v) is 5.45. The van der Waals surface area contributed by atoms with E-state index in [0.717, 1.165) is 12.8 Å². The number of Topliss-reactive ketones (excluding diaryl/α,β-unsaturated/α-hetero) is 1. The third kappa shape index (κ3) is 4.17. The molecule has 0 aliphatic carbocycles. The highest BCUT2D eigenvalue weighted by Crippen LogP contribution is 2.20. The third-order valence-electron chi connectivity index (χ3n) is 3.36. The second kappa shape index (κ2) is 7.20. The fourth-order valence-corrected chi connectivity index (χ4v) is 2.42. The maximum Gasteiger partial charge on any atom is 0.146 e. The molecule has 0 aliphatic rings. The van der Waals surface area contributed by atoms with E-state index >= 15 is 0 Å². The number of fused-ring (bicyclic) bond motifs is 1. The van der Waals surface area contributed by atoms with E-state index in [9.17, 15) is 4.79 Å². The highest BCUT2D eigenvalue weighted by atomic mass is 16.1. The molecule has 2 rings (SSSR count). The van der Waals surface area contributed by atoms with Gasteiger partial charge in [0.15, 0.2) is 0 Å². The van der Waals surface area contributed by atoms with Crippen molar-refractivity contribution in [2.75, 3.05) is 20.6 Å². The van der Waals surface area contributed by atoms with Gasteiger partial charge in [-0.1, -0.05) is 42.5 Å². The summed E-state index contributed by atoms with van der Waals surface area (Å²) in [6.07, 6.45) is 4.64. The predicted octanol–water partition coefficient (Wildman–Crippen LogP) is 3.50. The number of ketones is 1. The standard InChI is InChI=1S/C18H22NO/c1-19(2)14-17(20)12-5-3-8-15-10-7-11-16-9-4-6-13-18(15)16/h3-4,6-7,9-11,13H,5,8,12,14H2,1-2H3. The molecule has 0 atom stereocenters. The van der Waals surface area contributed by atoms with E-state index in [1.165, 1.54) is 16.3 Å². The summed E-state index contributed by atoms with van der Waals surface area (Å²) in [4.78, 5) is 13.5. The summed E-state index contributed by atoms with van der Waals surface area (Å²) in [6, 6.07) is 14.8. The Kier molecular flexibility index (Phi) is 5.31. The van der Waals surface area contributed by atoms with Gasteiger partial charge in [0.05, 0.1) is 6.54 Å². The van der Waals surface area contributed by atoms with E-state index in [2.05, 4.69) is 48.9 Å². The maximum absolute atomic E-state index is 11.6. The van der Waals surface area contributed by atoms with Crippen LogP contribution in [0.25, 0.3) is 10.8 Å². The summed E-state index contributed by atoms with van der Waals surface area (Å²) in [6.45, 7) is 0.544. The van der Waals surface area contributed by atoms with Gasteiger partial charge in [-0.05, 0) is 49.7 Å². The zero-order valence-electron chi connectivity index (χ0n) is 12.3. The first-order valence-corrected chi connectivity index (χ1v) is 7.11. The zero-order valence-corrected chi connectivity index (χ0v) is 12.3. The van der Waals surface area contributed by atoms with E-state index < -0.39 is 0 Å². The van der Waals surface area contributed by atoms with Gasteiger partial charge < -0.3 is 4.90 Å². The molecule has 20 heavy (non-hydrogen) atoms. The molecule has 2 heteroatoms. The van der Waals surface area contributed by atoms with Crippen molar-refractivity contribution in [3.05, 3.63) is 54.4 Å². The number of carbonyl (C=O) groups excluding carboxylic acids is 1. The average Bonchev–Trinajstić information content (AvgIpc) is 2.43. The fraction of sp³-hybridized carbons (Fsp3) is 0.333. The van der Waals surface area contributed by atoms with Crippen LogP contribution >= 0.6 is 0 Å². The first-order valence-electron chi connectivity index (χ1n) is 7.11. The molecule has 0 aliphatic heterocycles. The fourth-order valence-electron chi connectivity index (χ4n) is 2.42. The van der Waals surface area contributed by atoms with Crippen molar-refractivity contribution >= 4 is 16.6 Å². The number of hydrogen-bond acceptors (Lipinski definition) is 2.